The first kappa shape index (κ1) is 11.2. The van der Waals surface area contributed by atoms with Crippen LogP contribution in [0.15, 0.2) is 12.3 Å². The highest BCUT2D eigenvalue weighted by Crippen LogP contribution is 2.30. The van der Waals surface area contributed by atoms with E-state index in [9.17, 15) is 0 Å². The Morgan fingerprint density at radius 3 is 2.81 bits per heavy atom. The second-order valence-electron chi connectivity index (χ2n) is 4.32. The predicted molar refractivity (Wildman–Crippen MR) is 61.5 cm³/mol. The van der Waals surface area contributed by atoms with Gasteiger partial charge in [-0.3, -0.25) is 0 Å². The molecule has 1 aromatic heterocycles. The molecule has 1 aromatic rings. The lowest BCUT2D eigenvalue weighted by Gasteiger charge is -2.13. The van der Waals surface area contributed by atoms with E-state index in [2.05, 4.69) is 4.98 Å². The van der Waals surface area contributed by atoms with Gasteiger partial charge in [0, 0.05) is 24.4 Å². The number of nitrogens with zero attached hydrogens (tertiary/aromatic N) is 1. The van der Waals surface area contributed by atoms with Crippen molar-refractivity contribution in [2.75, 3.05) is 0 Å². The lowest BCUT2D eigenvalue weighted by atomic mass is 10.2. The number of hydrogen-bond donors (Lipinski definition) is 1. The summed E-state index contributed by atoms with van der Waals surface area (Å²) in [5.41, 5.74) is 6.57. The van der Waals surface area contributed by atoms with Crippen LogP contribution >= 0.6 is 0 Å². The third-order valence-electron chi connectivity index (χ3n) is 2.31. The van der Waals surface area contributed by atoms with Gasteiger partial charge in [-0.1, -0.05) is 0 Å². The van der Waals surface area contributed by atoms with Gasteiger partial charge in [0.2, 0.25) is 5.88 Å². The fraction of sp³-hybridized carbons (Fsp3) is 0.583. The molecule has 1 saturated carbocycles. The van der Waals surface area contributed by atoms with Crippen molar-refractivity contribution in [3.05, 3.63) is 17.8 Å². The molecule has 1 fully saturated rings. The number of pyridine rings is 1. The Kier molecular flexibility index (Phi) is 3.29. The van der Waals surface area contributed by atoms with Gasteiger partial charge in [0.15, 0.2) is 0 Å². The minimum Gasteiger partial charge on any atom is -0.490 e. The van der Waals surface area contributed by atoms with Crippen molar-refractivity contribution in [2.45, 2.75) is 45.4 Å². The summed E-state index contributed by atoms with van der Waals surface area (Å²) in [5.74, 6) is 1.42. The Morgan fingerprint density at radius 2 is 2.25 bits per heavy atom. The molecule has 4 heteroatoms. The molecule has 2 N–H and O–H groups in total. The largest absolute Gasteiger partial charge is 0.490 e. The number of ether oxygens (including phenoxy) is 2. The van der Waals surface area contributed by atoms with Gasteiger partial charge < -0.3 is 15.2 Å². The van der Waals surface area contributed by atoms with Crippen LogP contribution in [0.5, 0.6) is 11.6 Å². The molecule has 16 heavy (non-hydrogen) atoms. The first-order valence-electron chi connectivity index (χ1n) is 5.71. The maximum atomic E-state index is 5.77. The van der Waals surface area contributed by atoms with E-state index in [-0.39, 0.29) is 6.10 Å². The Bertz CT molecular complexity index is 362. The summed E-state index contributed by atoms with van der Waals surface area (Å²) in [6.45, 7) is 4.39. The Hall–Kier alpha value is -1.29. The van der Waals surface area contributed by atoms with Crippen molar-refractivity contribution in [1.82, 2.24) is 4.98 Å². The molecule has 88 valence electrons. The molecular weight excluding hydrogens is 204 g/mol. The predicted octanol–water partition coefficient (Wildman–Crippen LogP) is 1.87. The van der Waals surface area contributed by atoms with Gasteiger partial charge in [0.25, 0.3) is 0 Å². The molecule has 0 amide bonds. The lowest BCUT2D eigenvalue weighted by Crippen LogP contribution is -2.09. The monoisotopic (exact) mass is 222 g/mol. The smallest absolute Gasteiger partial charge is 0.217 e. The molecule has 0 aliphatic heterocycles. The number of hydrogen-bond acceptors (Lipinski definition) is 4. The molecular formula is C12H18N2O2. The fourth-order valence-corrected chi connectivity index (χ4v) is 1.38. The summed E-state index contributed by atoms with van der Waals surface area (Å²) in [6.07, 6.45) is 4.47. The fourth-order valence-electron chi connectivity index (χ4n) is 1.38. The molecule has 4 nitrogen and oxygen atoms in total. The van der Waals surface area contributed by atoms with Gasteiger partial charge in [-0.15, -0.1) is 0 Å². The summed E-state index contributed by atoms with van der Waals surface area (Å²) in [4.78, 5) is 4.20. The summed E-state index contributed by atoms with van der Waals surface area (Å²) in [6, 6.07) is 1.83. The standard InChI is InChI=1S/C12H18N2O2/c1-8(2)15-12-5-11(16-10-3-4-10)9(6-13)7-14-12/h5,7-8,10H,3-4,6,13H2,1-2H3. The molecule has 2 rings (SSSR count). The van der Waals surface area contributed by atoms with Gasteiger partial charge >= 0.3 is 0 Å². The molecule has 0 bridgehead atoms. The third-order valence-corrected chi connectivity index (χ3v) is 2.31. The van der Waals surface area contributed by atoms with Crippen LogP contribution in [0.3, 0.4) is 0 Å². The van der Waals surface area contributed by atoms with Crippen molar-refractivity contribution in [1.29, 1.82) is 0 Å². The average molecular weight is 222 g/mol. The van der Waals surface area contributed by atoms with Crippen LogP contribution < -0.4 is 15.2 Å². The van der Waals surface area contributed by atoms with Gasteiger partial charge in [0.1, 0.15) is 5.75 Å². The topological polar surface area (TPSA) is 57.4 Å². The highest BCUT2D eigenvalue weighted by molar-refractivity contribution is 5.36. The van der Waals surface area contributed by atoms with Crippen LogP contribution in [0.25, 0.3) is 0 Å². The maximum Gasteiger partial charge on any atom is 0.217 e. The van der Waals surface area contributed by atoms with Gasteiger partial charge in [-0.25, -0.2) is 4.98 Å². The van der Waals surface area contributed by atoms with Crippen molar-refractivity contribution in [2.24, 2.45) is 5.73 Å². The Labute approximate surface area is 95.8 Å². The Morgan fingerprint density at radius 1 is 1.50 bits per heavy atom. The molecule has 0 spiro atoms. The van der Waals surface area contributed by atoms with Gasteiger partial charge in [-0.05, 0) is 26.7 Å². The van der Waals surface area contributed by atoms with E-state index in [1.165, 1.54) is 0 Å². The van der Waals surface area contributed by atoms with Crippen LogP contribution in [-0.4, -0.2) is 17.2 Å². The zero-order valence-electron chi connectivity index (χ0n) is 9.77. The van der Waals surface area contributed by atoms with E-state index < -0.39 is 0 Å². The van der Waals surface area contributed by atoms with Crippen LogP contribution in [-0.2, 0) is 6.54 Å². The van der Waals surface area contributed by atoms with Gasteiger partial charge in [-0.2, -0.15) is 0 Å². The van der Waals surface area contributed by atoms with Gasteiger partial charge in [0.05, 0.1) is 12.2 Å². The zero-order chi connectivity index (χ0) is 11.5. The van der Waals surface area contributed by atoms with Crippen molar-refractivity contribution in [3.63, 3.8) is 0 Å². The summed E-state index contributed by atoms with van der Waals surface area (Å²) in [5, 5.41) is 0. The van der Waals surface area contributed by atoms with Crippen LogP contribution in [0.2, 0.25) is 0 Å². The van der Waals surface area contributed by atoms with E-state index in [0.29, 0.717) is 18.5 Å². The number of rotatable bonds is 5. The first-order valence-corrected chi connectivity index (χ1v) is 5.71. The molecule has 0 atom stereocenters. The minimum absolute atomic E-state index is 0.116. The normalized spacial score (nSPS) is 15.2. The summed E-state index contributed by atoms with van der Waals surface area (Å²) >= 11 is 0. The lowest BCUT2D eigenvalue weighted by molar-refractivity contribution is 0.229. The van der Waals surface area contributed by atoms with E-state index in [1.807, 2.05) is 19.9 Å². The molecule has 0 saturated heterocycles. The van der Waals surface area contributed by atoms with E-state index in [1.54, 1.807) is 6.20 Å². The van der Waals surface area contributed by atoms with Crippen molar-refractivity contribution >= 4 is 0 Å². The molecule has 1 aliphatic carbocycles. The van der Waals surface area contributed by atoms with Crippen molar-refractivity contribution < 1.29 is 9.47 Å². The molecule has 0 unspecified atom stereocenters. The number of aromatic nitrogens is 1. The molecule has 1 heterocycles. The SMILES string of the molecule is CC(C)Oc1cc(OC2CC2)c(CN)cn1. The average Bonchev–Trinajstić information content (AvgIpc) is 3.01. The van der Waals surface area contributed by atoms with E-state index in [0.717, 1.165) is 24.2 Å². The quantitative estimate of drug-likeness (QED) is 0.826. The van der Waals surface area contributed by atoms with E-state index >= 15 is 0 Å². The second-order valence-corrected chi connectivity index (χ2v) is 4.32. The third kappa shape index (κ3) is 2.85. The highest BCUT2D eigenvalue weighted by atomic mass is 16.5. The number of nitrogens with two attached hydrogens (primary N) is 1. The summed E-state index contributed by atoms with van der Waals surface area (Å²) in [7, 11) is 0. The van der Waals surface area contributed by atoms with Crippen molar-refractivity contribution in [3.8, 4) is 11.6 Å². The van der Waals surface area contributed by atoms with Crippen LogP contribution in [0.4, 0.5) is 0 Å². The molecule has 1 aliphatic rings. The highest BCUT2D eigenvalue weighted by Gasteiger charge is 2.24. The van der Waals surface area contributed by atoms with E-state index in [4.69, 9.17) is 15.2 Å². The molecule has 0 aromatic carbocycles. The zero-order valence-corrected chi connectivity index (χ0v) is 9.77. The van der Waals surface area contributed by atoms with Crippen LogP contribution in [0.1, 0.15) is 32.3 Å². The Balaban J connectivity index is 2.15. The second kappa shape index (κ2) is 4.70. The first-order chi connectivity index (χ1) is 7.69. The molecule has 0 radical (unpaired) electrons. The summed E-state index contributed by atoms with van der Waals surface area (Å²) < 4.78 is 11.3. The van der Waals surface area contributed by atoms with Crippen LogP contribution in [0, 0.1) is 0 Å². The minimum atomic E-state index is 0.116. The maximum absolute atomic E-state index is 5.77.